The lowest BCUT2D eigenvalue weighted by molar-refractivity contribution is 0.220. The molecule has 1 rings (SSSR count). The van der Waals surface area contributed by atoms with Crippen LogP contribution in [0.25, 0.3) is 0 Å². The first kappa shape index (κ1) is 16.6. The molecule has 0 saturated heterocycles. The molecular formula is C16H27NO3. The quantitative estimate of drug-likeness (QED) is 0.756. The average molecular weight is 281 g/mol. The van der Waals surface area contributed by atoms with Crippen molar-refractivity contribution in [3.05, 3.63) is 17.7 Å². The van der Waals surface area contributed by atoms with E-state index in [4.69, 9.17) is 19.9 Å². The van der Waals surface area contributed by atoms with Gasteiger partial charge in [0.1, 0.15) is 0 Å². The van der Waals surface area contributed by atoms with Gasteiger partial charge in [-0.05, 0) is 36.6 Å². The molecule has 0 amide bonds. The smallest absolute Gasteiger partial charge is 0.203 e. The third kappa shape index (κ3) is 4.30. The molecule has 2 N–H and O–H groups in total. The van der Waals surface area contributed by atoms with Crippen molar-refractivity contribution in [2.45, 2.75) is 33.1 Å². The van der Waals surface area contributed by atoms with Crippen molar-refractivity contribution in [1.82, 2.24) is 0 Å². The second-order valence-electron chi connectivity index (χ2n) is 4.86. The van der Waals surface area contributed by atoms with Crippen LogP contribution in [0, 0.1) is 5.92 Å². The fourth-order valence-electron chi connectivity index (χ4n) is 2.11. The van der Waals surface area contributed by atoms with Gasteiger partial charge < -0.3 is 19.9 Å². The number of nitrogens with two attached hydrogens (primary N) is 1. The van der Waals surface area contributed by atoms with Crippen molar-refractivity contribution in [2.75, 3.05) is 27.4 Å². The molecule has 0 radical (unpaired) electrons. The molecule has 0 spiro atoms. The van der Waals surface area contributed by atoms with Crippen LogP contribution in [0.3, 0.4) is 0 Å². The van der Waals surface area contributed by atoms with Gasteiger partial charge in [0, 0.05) is 0 Å². The number of methoxy groups -OCH3 is 2. The van der Waals surface area contributed by atoms with Crippen molar-refractivity contribution < 1.29 is 14.2 Å². The Kier molecular flexibility index (Phi) is 7.23. The number of benzene rings is 1. The molecule has 0 aromatic heterocycles. The van der Waals surface area contributed by atoms with Gasteiger partial charge >= 0.3 is 0 Å². The fourth-order valence-corrected chi connectivity index (χ4v) is 2.11. The Morgan fingerprint density at radius 1 is 1.05 bits per heavy atom. The highest BCUT2D eigenvalue weighted by Crippen LogP contribution is 2.39. The highest BCUT2D eigenvalue weighted by molar-refractivity contribution is 5.54. The summed E-state index contributed by atoms with van der Waals surface area (Å²) in [7, 11) is 3.29. The molecular weight excluding hydrogens is 254 g/mol. The number of hydrogen-bond donors (Lipinski definition) is 1. The first-order valence-electron chi connectivity index (χ1n) is 7.27. The number of ether oxygens (including phenoxy) is 3. The maximum atomic E-state index is 5.95. The summed E-state index contributed by atoms with van der Waals surface area (Å²) >= 11 is 0. The van der Waals surface area contributed by atoms with Gasteiger partial charge in [-0.25, -0.2) is 0 Å². The first-order valence-corrected chi connectivity index (χ1v) is 7.27. The minimum absolute atomic E-state index is 0.549. The minimum atomic E-state index is 0.549. The Bertz CT molecular complexity index is 378. The molecule has 0 fully saturated rings. The summed E-state index contributed by atoms with van der Waals surface area (Å²) in [5, 5.41) is 0. The molecule has 0 heterocycles. The zero-order valence-corrected chi connectivity index (χ0v) is 13.1. The second-order valence-corrected chi connectivity index (χ2v) is 4.86. The standard InChI is InChI=1S/C16H27NO3/c1-5-12(6-2)11-20-16-14(18-3)9-13(7-8-17)10-15(16)19-4/h9-10,12H,5-8,11,17H2,1-4H3. The van der Waals surface area contributed by atoms with Crippen molar-refractivity contribution in [3.8, 4) is 17.2 Å². The van der Waals surface area contributed by atoms with Gasteiger partial charge in [0.2, 0.25) is 5.75 Å². The SMILES string of the molecule is CCC(CC)COc1c(OC)cc(CCN)cc1OC. The van der Waals surface area contributed by atoms with Gasteiger partial charge in [0.15, 0.2) is 11.5 Å². The van der Waals surface area contributed by atoms with E-state index in [1.54, 1.807) is 14.2 Å². The molecule has 0 aliphatic carbocycles. The van der Waals surface area contributed by atoms with Crippen LogP contribution in [-0.4, -0.2) is 27.4 Å². The third-order valence-electron chi connectivity index (χ3n) is 3.57. The van der Waals surface area contributed by atoms with E-state index in [2.05, 4.69) is 13.8 Å². The lowest BCUT2D eigenvalue weighted by Gasteiger charge is -2.19. The van der Waals surface area contributed by atoms with E-state index in [9.17, 15) is 0 Å². The summed E-state index contributed by atoms with van der Waals surface area (Å²) in [6.07, 6.45) is 3.00. The molecule has 4 nitrogen and oxygen atoms in total. The molecule has 4 heteroatoms. The van der Waals surface area contributed by atoms with Crippen molar-refractivity contribution in [1.29, 1.82) is 0 Å². The molecule has 20 heavy (non-hydrogen) atoms. The summed E-state index contributed by atoms with van der Waals surface area (Å²) in [6, 6.07) is 3.94. The van der Waals surface area contributed by atoms with Crippen LogP contribution in [0.1, 0.15) is 32.3 Å². The average Bonchev–Trinajstić information content (AvgIpc) is 2.48. The number of hydrogen-bond acceptors (Lipinski definition) is 4. The van der Waals surface area contributed by atoms with Gasteiger partial charge in [-0.1, -0.05) is 26.7 Å². The molecule has 114 valence electrons. The van der Waals surface area contributed by atoms with Crippen LogP contribution < -0.4 is 19.9 Å². The Morgan fingerprint density at radius 2 is 1.60 bits per heavy atom. The van der Waals surface area contributed by atoms with Crippen LogP contribution in [0.5, 0.6) is 17.2 Å². The maximum absolute atomic E-state index is 5.95. The summed E-state index contributed by atoms with van der Waals surface area (Å²) in [6.45, 7) is 5.63. The number of rotatable bonds is 9. The molecule has 0 saturated carbocycles. The molecule has 0 atom stereocenters. The Morgan fingerprint density at radius 3 is 2.00 bits per heavy atom. The van der Waals surface area contributed by atoms with Gasteiger partial charge in [-0.2, -0.15) is 0 Å². The summed E-state index contributed by atoms with van der Waals surface area (Å²) in [4.78, 5) is 0. The summed E-state index contributed by atoms with van der Waals surface area (Å²) in [5.41, 5.74) is 6.70. The molecule has 0 aliphatic rings. The molecule has 0 unspecified atom stereocenters. The zero-order valence-electron chi connectivity index (χ0n) is 13.1. The summed E-state index contributed by atoms with van der Waals surface area (Å²) < 4.78 is 16.8. The Balaban J connectivity index is 2.97. The fraction of sp³-hybridized carbons (Fsp3) is 0.625. The molecule has 1 aromatic carbocycles. The lowest BCUT2D eigenvalue weighted by Crippen LogP contribution is -2.11. The highest BCUT2D eigenvalue weighted by Gasteiger charge is 2.15. The van der Waals surface area contributed by atoms with Crippen LogP contribution in [0.4, 0.5) is 0 Å². The van der Waals surface area contributed by atoms with E-state index in [1.807, 2.05) is 12.1 Å². The largest absolute Gasteiger partial charge is 0.493 e. The van der Waals surface area contributed by atoms with Crippen LogP contribution >= 0.6 is 0 Å². The maximum Gasteiger partial charge on any atom is 0.203 e. The van der Waals surface area contributed by atoms with E-state index in [1.165, 1.54) is 0 Å². The van der Waals surface area contributed by atoms with Gasteiger partial charge in [0.05, 0.1) is 20.8 Å². The van der Waals surface area contributed by atoms with Gasteiger partial charge in [-0.15, -0.1) is 0 Å². The molecule has 0 bridgehead atoms. The van der Waals surface area contributed by atoms with E-state index >= 15 is 0 Å². The van der Waals surface area contributed by atoms with E-state index < -0.39 is 0 Å². The van der Waals surface area contributed by atoms with Crippen LogP contribution in [0.2, 0.25) is 0 Å². The molecule has 0 aliphatic heterocycles. The topological polar surface area (TPSA) is 53.7 Å². The Labute approximate surface area is 122 Å². The van der Waals surface area contributed by atoms with Gasteiger partial charge in [0.25, 0.3) is 0 Å². The van der Waals surface area contributed by atoms with Crippen LogP contribution in [-0.2, 0) is 6.42 Å². The first-order chi connectivity index (χ1) is 9.69. The van der Waals surface area contributed by atoms with Crippen LogP contribution in [0.15, 0.2) is 12.1 Å². The minimum Gasteiger partial charge on any atom is -0.493 e. The lowest BCUT2D eigenvalue weighted by atomic mass is 10.1. The van der Waals surface area contributed by atoms with Crippen molar-refractivity contribution in [3.63, 3.8) is 0 Å². The predicted molar refractivity (Wildman–Crippen MR) is 81.9 cm³/mol. The Hall–Kier alpha value is -1.42. The van der Waals surface area contributed by atoms with E-state index in [-0.39, 0.29) is 0 Å². The molecule has 1 aromatic rings. The normalized spacial score (nSPS) is 10.7. The van der Waals surface area contributed by atoms with Gasteiger partial charge in [-0.3, -0.25) is 0 Å². The van der Waals surface area contributed by atoms with E-state index in [0.717, 1.165) is 24.8 Å². The summed E-state index contributed by atoms with van der Waals surface area (Å²) in [5.74, 6) is 2.65. The van der Waals surface area contributed by atoms with E-state index in [0.29, 0.717) is 36.3 Å². The highest BCUT2D eigenvalue weighted by atomic mass is 16.5. The predicted octanol–water partition coefficient (Wildman–Crippen LogP) is 3.02. The third-order valence-corrected chi connectivity index (χ3v) is 3.57. The second kappa shape index (κ2) is 8.69. The van der Waals surface area contributed by atoms with Crippen molar-refractivity contribution in [2.24, 2.45) is 11.7 Å². The monoisotopic (exact) mass is 281 g/mol. The zero-order chi connectivity index (χ0) is 15.0. The van der Waals surface area contributed by atoms with Crippen molar-refractivity contribution >= 4 is 0 Å².